The second-order valence-electron chi connectivity index (χ2n) is 6.67. The maximum absolute atomic E-state index is 11.8. The predicted molar refractivity (Wildman–Crippen MR) is 113 cm³/mol. The van der Waals surface area contributed by atoms with E-state index in [9.17, 15) is 9.90 Å². The number of benzene rings is 3. The van der Waals surface area contributed by atoms with Crippen LogP contribution in [-0.4, -0.2) is 10.5 Å². The number of rotatable bonds is 3. The van der Waals surface area contributed by atoms with E-state index in [0.717, 1.165) is 33.3 Å². The van der Waals surface area contributed by atoms with Crippen molar-refractivity contribution < 1.29 is 9.52 Å². The molecule has 0 saturated carbocycles. The first-order valence-electron chi connectivity index (χ1n) is 8.67. The van der Waals surface area contributed by atoms with Gasteiger partial charge in [0.05, 0.1) is 5.37 Å². The first kappa shape index (κ1) is 17.5. The smallest absolute Gasteiger partial charge is 0.182 e. The third-order valence-corrected chi connectivity index (χ3v) is 4.68. The summed E-state index contributed by atoms with van der Waals surface area (Å²) < 4.78 is 5.90. The molecule has 2 N–H and O–H groups in total. The molecule has 4 rings (SSSR count). The van der Waals surface area contributed by atoms with Crippen LogP contribution in [0, 0.1) is 6.92 Å². The lowest BCUT2D eigenvalue weighted by Crippen LogP contribution is -2.07. The van der Waals surface area contributed by atoms with Gasteiger partial charge in [-0.1, -0.05) is 6.07 Å². The summed E-state index contributed by atoms with van der Waals surface area (Å²) in [7, 11) is 0. The van der Waals surface area contributed by atoms with Crippen LogP contribution in [-0.2, 0) is 0 Å². The summed E-state index contributed by atoms with van der Waals surface area (Å²) in [6, 6.07) is 16.0. The maximum atomic E-state index is 11.8. The number of hydrogen-bond donors (Lipinski definition) is 3. The Bertz CT molecular complexity index is 1180. The average Bonchev–Trinajstić information content (AvgIpc) is 2.59. The number of hydrogen-bond acceptors (Lipinski definition) is 5. The molecule has 0 saturated heterocycles. The van der Waals surface area contributed by atoms with Crippen LogP contribution in [0.5, 0.6) is 5.75 Å². The number of phenols is 1. The maximum Gasteiger partial charge on any atom is 0.182 e. The molecule has 5 heteroatoms. The van der Waals surface area contributed by atoms with Crippen LogP contribution in [0.1, 0.15) is 12.5 Å². The molecular weight excluding hydrogens is 358 g/mol. The normalized spacial score (nSPS) is 12.4. The Labute approximate surface area is 162 Å². The van der Waals surface area contributed by atoms with Gasteiger partial charge in [0.15, 0.2) is 5.43 Å². The lowest BCUT2D eigenvalue weighted by molar-refractivity contribution is 0.474. The monoisotopic (exact) mass is 377 g/mol. The lowest BCUT2D eigenvalue weighted by atomic mass is 9.91. The van der Waals surface area contributed by atoms with E-state index in [0.29, 0.717) is 11.3 Å². The van der Waals surface area contributed by atoms with Gasteiger partial charge in [0.1, 0.15) is 17.1 Å². The third kappa shape index (κ3) is 3.26. The van der Waals surface area contributed by atoms with Crippen LogP contribution in [0.25, 0.3) is 33.4 Å². The summed E-state index contributed by atoms with van der Waals surface area (Å²) in [6.45, 7) is 4.02. The number of anilines is 1. The Kier molecular flexibility index (Phi) is 4.32. The standard InChI is InChI=1S/C22H19NO3S/c1-12-9-14(23-13(2)27)3-6-17(12)22-18-7-4-15(24)10-20(18)26-21-11-16(25)5-8-19(21)22/h3-11,13,23-24,27H,1-2H3. The molecule has 0 spiro atoms. The number of aryl methyl sites for hydroxylation is 1. The van der Waals surface area contributed by atoms with Crippen molar-refractivity contribution >= 4 is 29.3 Å². The van der Waals surface area contributed by atoms with Crippen LogP contribution in [0.4, 0.5) is 5.69 Å². The van der Waals surface area contributed by atoms with E-state index in [2.05, 4.69) is 30.1 Å². The molecule has 4 nitrogen and oxygen atoms in total. The van der Waals surface area contributed by atoms with Crippen molar-refractivity contribution in [3.8, 4) is 28.2 Å². The molecule has 1 aliphatic carbocycles. The molecule has 1 aliphatic heterocycles. The van der Waals surface area contributed by atoms with Crippen molar-refractivity contribution in [1.29, 1.82) is 0 Å². The number of fused-ring (bicyclic) bond motifs is 2. The number of thiol groups is 1. The lowest BCUT2D eigenvalue weighted by Gasteiger charge is -2.18. The average molecular weight is 377 g/mol. The second-order valence-corrected chi connectivity index (χ2v) is 7.44. The molecule has 0 radical (unpaired) electrons. The van der Waals surface area contributed by atoms with Gasteiger partial charge in [0.2, 0.25) is 0 Å². The summed E-state index contributed by atoms with van der Waals surface area (Å²) in [6.07, 6.45) is 0. The van der Waals surface area contributed by atoms with Crippen molar-refractivity contribution in [2.45, 2.75) is 19.2 Å². The van der Waals surface area contributed by atoms with Crippen LogP contribution in [0.2, 0.25) is 0 Å². The highest BCUT2D eigenvalue weighted by Crippen LogP contribution is 2.42. The van der Waals surface area contributed by atoms with Gasteiger partial charge < -0.3 is 14.8 Å². The van der Waals surface area contributed by atoms with E-state index < -0.39 is 0 Å². The van der Waals surface area contributed by atoms with Gasteiger partial charge >= 0.3 is 0 Å². The Morgan fingerprint density at radius 3 is 2.56 bits per heavy atom. The summed E-state index contributed by atoms with van der Waals surface area (Å²) >= 11 is 4.38. The quantitative estimate of drug-likeness (QED) is 0.259. The Morgan fingerprint density at radius 2 is 1.81 bits per heavy atom. The number of nitrogens with one attached hydrogen (secondary N) is 1. The highest BCUT2D eigenvalue weighted by atomic mass is 32.1. The van der Waals surface area contributed by atoms with Crippen molar-refractivity contribution in [3.63, 3.8) is 0 Å². The zero-order chi connectivity index (χ0) is 19.1. The molecule has 1 heterocycles. The van der Waals surface area contributed by atoms with Crippen molar-refractivity contribution in [2.75, 3.05) is 5.32 Å². The van der Waals surface area contributed by atoms with E-state index in [1.807, 2.05) is 26.0 Å². The summed E-state index contributed by atoms with van der Waals surface area (Å²) in [5.41, 5.74) is 5.38. The van der Waals surface area contributed by atoms with Crippen molar-refractivity contribution in [2.24, 2.45) is 0 Å². The van der Waals surface area contributed by atoms with E-state index in [1.165, 1.54) is 6.07 Å². The Balaban J connectivity index is 2.04. The van der Waals surface area contributed by atoms with Gasteiger partial charge in [-0.3, -0.25) is 4.79 Å². The van der Waals surface area contributed by atoms with Crippen LogP contribution in [0.3, 0.4) is 0 Å². The largest absolute Gasteiger partial charge is 0.508 e. The highest BCUT2D eigenvalue weighted by molar-refractivity contribution is 7.81. The molecule has 0 fully saturated rings. The molecule has 136 valence electrons. The zero-order valence-electron chi connectivity index (χ0n) is 15.0. The van der Waals surface area contributed by atoms with Crippen LogP contribution in [0.15, 0.2) is 63.8 Å². The minimum atomic E-state index is -0.115. The molecule has 1 atom stereocenters. The Morgan fingerprint density at radius 1 is 1.04 bits per heavy atom. The molecule has 0 amide bonds. The molecule has 2 aromatic rings. The van der Waals surface area contributed by atoms with E-state index in [4.69, 9.17) is 4.42 Å². The van der Waals surface area contributed by atoms with Gasteiger partial charge in [-0.05, 0) is 61.4 Å². The molecule has 1 unspecified atom stereocenters. The molecule has 0 bridgehead atoms. The van der Waals surface area contributed by atoms with Gasteiger partial charge in [0.25, 0.3) is 0 Å². The number of phenolic OH excluding ortho intramolecular Hbond substituents is 1. The highest BCUT2D eigenvalue weighted by Gasteiger charge is 2.19. The van der Waals surface area contributed by atoms with E-state index in [1.54, 1.807) is 24.3 Å². The minimum absolute atomic E-state index is 0.0471. The van der Waals surface area contributed by atoms with Gasteiger partial charge in [-0.15, -0.1) is 0 Å². The summed E-state index contributed by atoms with van der Waals surface area (Å²) in [5.74, 6) is 0.620. The third-order valence-electron chi connectivity index (χ3n) is 4.55. The topological polar surface area (TPSA) is 62.5 Å². The van der Waals surface area contributed by atoms with E-state index >= 15 is 0 Å². The fourth-order valence-electron chi connectivity index (χ4n) is 3.42. The minimum Gasteiger partial charge on any atom is -0.508 e. The SMILES string of the molecule is Cc1cc(NC(C)S)ccc1-c1c2ccc(=O)cc-2oc2cc(O)ccc12. The fraction of sp³-hybridized carbons (Fsp3) is 0.136. The van der Waals surface area contributed by atoms with Crippen molar-refractivity contribution in [3.05, 3.63) is 70.4 Å². The summed E-state index contributed by atoms with van der Waals surface area (Å²) in [4.78, 5) is 11.8. The second kappa shape index (κ2) is 6.67. The van der Waals surface area contributed by atoms with Crippen LogP contribution >= 0.6 is 12.6 Å². The first-order chi connectivity index (χ1) is 12.9. The Hall–Kier alpha value is -2.92. The summed E-state index contributed by atoms with van der Waals surface area (Å²) in [5, 5.41) is 14.1. The molecule has 27 heavy (non-hydrogen) atoms. The zero-order valence-corrected chi connectivity index (χ0v) is 15.9. The first-order valence-corrected chi connectivity index (χ1v) is 9.19. The molecular formula is C22H19NO3S. The van der Waals surface area contributed by atoms with Gasteiger partial charge in [0, 0.05) is 34.3 Å². The predicted octanol–water partition coefficient (Wildman–Crippen LogP) is 5.27. The molecule has 2 aromatic carbocycles. The molecule has 2 aliphatic rings. The van der Waals surface area contributed by atoms with Gasteiger partial charge in [-0.25, -0.2) is 0 Å². The molecule has 0 aromatic heterocycles. The number of aromatic hydroxyl groups is 1. The fourth-order valence-corrected chi connectivity index (χ4v) is 3.57. The van der Waals surface area contributed by atoms with Crippen LogP contribution < -0.4 is 10.7 Å². The van der Waals surface area contributed by atoms with E-state index in [-0.39, 0.29) is 16.6 Å². The van der Waals surface area contributed by atoms with Crippen molar-refractivity contribution in [1.82, 2.24) is 0 Å². The van der Waals surface area contributed by atoms with Gasteiger partial charge in [-0.2, -0.15) is 12.6 Å².